The van der Waals surface area contributed by atoms with Crippen LogP contribution in [-0.4, -0.2) is 40.2 Å². The zero-order valence-electron chi connectivity index (χ0n) is 16.8. The minimum absolute atomic E-state index is 0.0776. The quantitative estimate of drug-likeness (QED) is 0.578. The second-order valence-electron chi connectivity index (χ2n) is 6.62. The van der Waals surface area contributed by atoms with E-state index in [2.05, 4.69) is 15.7 Å². The van der Waals surface area contributed by atoms with Crippen LogP contribution < -0.4 is 10.6 Å². The van der Waals surface area contributed by atoms with E-state index < -0.39 is 30.4 Å². The zero-order chi connectivity index (χ0) is 21.7. The van der Waals surface area contributed by atoms with Gasteiger partial charge >= 0.3 is 5.97 Å². The maximum atomic E-state index is 12.3. The lowest BCUT2D eigenvalue weighted by atomic mass is 10.3. The van der Waals surface area contributed by atoms with E-state index in [0.29, 0.717) is 11.4 Å². The predicted molar refractivity (Wildman–Crippen MR) is 108 cm³/mol. The Morgan fingerprint density at radius 2 is 1.87 bits per heavy atom. The van der Waals surface area contributed by atoms with Crippen molar-refractivity contribution in [2.75, 3.05) is 11.9 Å². The van der Waals surface area contributed by atoms with Crippen LogP contribution in [0, 0.1) is 13.8 Å². The van der Waals surface area contributed by atoms with Gasteiger partial charge in [-0.3, -0.25) is 9.59 Å². The van der Waals surface area contributed by atoms with Crippen molar-refractivity contribution < 1.29 is 23.5 Å². The lowest BCUT2D eigenvalue weighted by Crippen LogP contribution is -2.40. The van der Waals surface area contributed by atoms with Crippen molar-refractivity contribution in [3.63, 3.8) is 0 Å². The number of aryl methyl sites for hydroxylation is 1. The molecule has 0 saturated carbocycles. The highest BCUT2D eigenvalue weighted by atomic mass is 16.5. The molecule has 0 fully saturated rings. The summed E-state index contributed by atoms with van der Waals surface area (Å²) in [5.74, 6) is -1.72. The van der Waals surface area contributed by atoms with Crippen LogP contribution >= 0.6 is 0 Å². The lowest BCUT2D eigenvalue weighted by Gasteiger charge is -2.12. The maximum Gasteiger partial charge on any atom is 0.328 e. The molecule has 9 heteroatoms. The first-order valence-corrected chi connectivity index (χ1v) is 9.29. The van der Waals surface area contributed by atoms with Gasteiger partial charge in [0.25, 0.3) is 11.8 Å². The second kappa shape index (κ2) is 9.08. The topological polar surface area (TPSA) is 115 Å². The number of anilines is 1. The number of nitrogens with zero attached hydrogens (tertiary/aromatic N) is 2. The molecule has 2 N–H and O–H groups in total. The first-order valence-electron chi connectivity index (χ1n) is 9.29. The number of furan rings is 1. The highest BCUT2D eigenvalue weighted by Crippen LogP contribution is 2.22. The van der Waals surface area contributed by atoms with E-state index >= 15 is 0 Å². The molecule has 2 amide bonds. The molecule has 9 nitrogen and oxygen atoms in total. The molecule has 2 heterocycles. The molecule has 3 rings (SSSR count). The fourth-order valence-electron chi connectivity index (χ4n) is 2.82. The third-order valence-electron chi connectivity index (χ3n) is 4.35. The van der Waals surface area contributed by atoms with Crippen LogP contribution in [-0.2, 0) is 14.3 Å². The van der Waals surface area contributed by atoms with E-state index in [0.717, 1.165) is 11.4 Å². The standard InChI is InChI=1S/C21H22N4O5/c1-13-19(15(3)25(24-13)16-8-5-4-6-9-16)23-18(26)12-30-21(28)14(2)22-20(27)17-10-7-11-29-17/h4-11,14H,12H2,1-3H3,(H,22,27)(H,23,26)/t14-/m0/s1. The summed E-state index contributed by atoms with van der Waals surface area (Å²) in [4.78, 5) is 36.2. The first kappa shape index (κ1) is 20.8. The molecule has 1 atom stereocenters. The van der Waals surface area contributed by atoms with Crippen LogP contribution in [0.3, 0.4) is 0 Å². The highest BCUT2D eigenvalue weighted by molar-refractivity contribution is 5.96. The maximum absolute atomic E-state index is 12.3. The van der Waals surface area contributed by atoms with Crippen molar-refractivity contribution in [1.29, 1.82) is 0 Å². The molecular weight excluding hydrogens is 388 g/mol. The number of carbonyl (C=O) groups excluding carboxylic acids is 3. The average molecular weight is 410 g/mol. The summed E-state index contributed by atoms with van der Waals surface area (Å²) in [6, 6.07) is 11.6. The lowest BCUT2D eigenvalue weighted by molar-refractivity contribution is -0.148. The summed E-state index contributed by atoms with van der Waals surface area (Å²) in [6.45, 7) is 4.58. The number of amides is 2. The van der Waals surface area contributed by atoms with Gasteiger partial charge in [0.2, 0.25) is 0 Å². The van der Waals surface area contributed by atoms with Gasteiger partial charge in [0.05, 0.1) is 29.0 Å². The number of ether oxygens (including phenoxy) is 1. The molecule has 0 radical (unpaired) electrons. The molecule has 0 unspecified atom stereocenters. The SMILES string of the molecule is Cc1nn(-c2ccccc2)c(C)c1NC(=O)COC(=O)[C@H](C)NC(=O)c1ccco1. The second-order valence-corrected chi connectivity index (χ2v) is 6.62. The Balaban J connectivity index is 1.55. The van der Waals surface area contributed by atoms with E-state index in [4.69, 9.17) is 9.15 Å². The van der Waals surface area contributed by atoms with Gasteiger partial charge in [-0.15, -0.1) is 0 Å². The smallest absolute Gasteiger partial charge is 0.328 e. The van der Waals surface area contributed by atoms with Gasteiger partial charge in [0.1, 0.15) is 6.04 Å². The summed E-state index contributed by atoms with van der Waals surface area (Å²) in [5.41, 5.74) is 2.80. The number of hydrogen-bond acceptors (Lipinski definition) is 6. The van der Waals surface area contributed by atoms with Gasteiger partial charge < -0.3 is 19.8 Å². The van der Waals surface area contributed by atoms with Gasteiger partial charge in [0, 0.05) is 0 Å². The third-order valence-corrected chi connectivity index (χ3v) is 4.35. The van der Waals surface area contributed by atoms with Crippen molar-refractivity contribution in [3.05, 3.63) is 65.9 Å². The molecule has 2 aromatic heterocycles. The fraction of sp³-hybridized carbons (Fsp3) is 0.238. The third kappa shape index (κ3) is 4.75. The first-order chi connectivity index (χ1) is 14.4. The summed E-state index contributed by atoms with van der Waals surface area (Å²) in [5, 5.41) is 9.62. The normalized spacial score (nSPS) is 11.6. The van der Waals surface area contributed by atoms with Crippen molar-refractivity contribution in [2.45, 2.75) is 26.8 Å². The summed E-state index contributed by atoms with van der Waals surface area (Å²) in [7, 11) is 0. The van der Waals surface area contributed by atoms with Gasteiger partial charge in [-0.2, -0.15) is 5.10 Å². The Morgan fingerprint density at radius 1 is 1.13 bits per heavy atom. The Hall–Kier alpha value is -3.88. The summed E-state index contributed by atoms with van der Waals surface area (Å²) in [6.07, 6.45) is 1.35. The van der Waals surface area contributed by atoms with Crippen LogP contribution in [0.5, 0.6) is 0 Å². The average Bonchev–Trinajstić information content (AvgIpc) is 3.37. The Bertz CT molecular complexity index is 1040. The Labute approximate surface area is 173 Å². The van der Waals surface area contributed by atoms with Crippen LogP contribution in [0.4, 0.5) is 5.69 Å². The number of hydrogen-bond donors (Lipinski definition) is 2. The number of nitrogens with one attached hydrogen (secondary N) is 2. The number of carbonyl (C=O) groups is 3. The monoisotopic (exact) mass is 410 g/mol. The molecule has 0 saturated heterocycles. The zero-order valence-corrected chi connectivity index (χ0v) is 16.8. The summed E-state index contributed by atoms with van der Waals surface area (Å²) >= 11 is 0. The molecule has 156 valence electrons. The van der Waals surface area contributed by atoms with Crippen LogP contribution in [0.1, 0.15) is 28.9 Å². The molecule has 1 aromatic carbocycles. The van der Waals surface area contributed by atoms with Gasteiger partial charge in [-0.1, -0.05) is 18.2 Å². The van der Waals surface area contributed by atoms with Crippen LogP contribution in [0.2, 0.25) is 0 Å². The number of aromatic nitrogens is 2. The van der Waals surface area contributed by atoms with Gasteiger partial charge in [0.15, 0.2) is 12.4 Å². The van der Waals surface area contributed by atoms with E-state index in [9.17, 15) is 14.4 Å². The van der Waals surface area contributed by atoms with E-state index in [-0.39, 0.29) is 5.76 Å². The van der Waals surface area contributed by atoms with Crippen molar-refractivity contribution in [1.82, 2.24) is 15.1 Å². The molecule has 0 aliphatic rings. The molecular formula is C21H22N4O5. The molecule has 30 heavy (non-hydrogen) atoms. The molecule has 3 aromatic rings. The van der Waals surface area contributed by atoms with E-state index in [1.807, 2.05) is 37.3 Å². The van der Waals surface area contributed by atoms with E-state index in [1.165, 1.54) is 19.3 Å². The van der Waals surface area contributed by atoms with E-state index in [1.54, 1.807) is 17.7 Å². The predicted octanol–water partition coefficient (Wildman–Crippen LogP) is 2.38. The molecule has 0 bridgehead atoms. The van der Waals surface area contributed by atoms with Crippen molar-refractivity contribution in [3.8, 4) is 5.69 Å². The van der Waals surface area contributed by atoms with Crippen molar-refractivity contribution >= 4 is 23.5 Å². The molecule has 0 aliphatic carbocycles. The minimum Gasteiger partial charge on any atom is -0.459 e. The van der Waals surface area contributed by atoms with Crippen LogP contribution in [0.25, 0.3) is 5.69 Å². The fourth-order valence-corrected chi connectivity index (χ4v) is 2.82. The summed E-state index contributed by atoms with van der Waals surface area (Å²) < 4.78 is 11.7. The number of rotatable bonds is 7. The molecule has 0 spiro atoms. The Morgan fingerprint density at radius 3 is 2.53 bits per heavy atom. The van der Waals surface area contributed by atoms with Crippen molar-refractivity contribution in [2.24, 2.45) is 0 Å². The highest BCUT2D eigenvalue weighted by Gasteiger charge is 2.21. The van der Waals surface area contributed by atoms with Gasteiger partial charge in [-0.25, -0.2) is 9.48 Å². The number of benzene rings is 1. The minimum atomic E-state index is -0.945. The van der Waals surface area contributed by atoms with Crippen LogP contribution in [0.15, 0.2) is 53.1 Å². The Kier molecular flexibility index (Phi) is 6.31. The molecule has 0 aliphatic heterocycles. The van der Waals surface area contributed by atoms with Gasteiger partial charge in [-0.05, 0) is 45.0 Å². The largest absolute Gasteiger partial charge is 0.459 e. The number of esters is 1. The number of para-hydroxylation sites is 1.